The van der Waals surface area contributed by atoms with Gasteiger partial charge in [-0.15, -0.1) is 10.2 Å². The number of anilines is 1. The molecule has 0 radical (unpaired) electrons. The van der Waals surface area contributed by atoms with E-state index >= 15 is 0 Å². The lowest BCUT2D eigenvalue weighted by Gasteiger charge is -2.11. The number of aryl methyl sites for hydroxylation is 2. The molecule has 0 atom stereocenters. The van der Waals surface area contributed by atoms with Crippen LogP contribution in [0.3, 0.4) is 0 Å². The molecule has 28 heavy (non-hydrogen) atoms. The third-order valence-corrected chi connectivity index (χ3v) is 6.02. The summed E-state index contributed by atoms with van der Waals surface area (Å²) in [7, 11) is 0. The van der Waals surface area contributed by atoms with E-state index in [1.165, 1.54) is 17.8 Å². The van der Waals surface area contributed by atoms with Crippen molar-refractivity contribution >= 4 is 23.5 Å². The molecular weight excluding hydrogens is 377 g/mol. The summed E-state index contributed by atoms with van der Waals surface area (Å²) in [5.41, 5.74) is 9.53. The van der Waals surface area contributed by atoms with E-state index in [-0.39, 0.29) is 17.4 Å². The topological polar surface area (TPSA) is 78.7 Å². The van der Waals surface area contributed by atoms with Gasteiger partial charge in [-0.3, -0.25) is 9.36 Å². The van der Waals surface area contributed by atoms with Crippen LogP contribution in [0, 0.1) is 26.6 Å². The normalized spacial score (nSPS) is 13.9. The Morgan fingerprint density at radius 2 is 2.00 bits per heavy atom. The SMILES string of the molecule is Cc1ccc(-n2c(C)cc(C(=O)CSc3nnc(N)n3C3CC3)c2C)cc1F. The first-order chi connectivity index (χ1) is 13.4. The van der Waals surface area contributed by atoms with Crippen molar-refractivity contribution in [2.75, 3.05) is 11.5 Å². The second-order valence-corrected chi connectivity index (χ2v) is 8.15. The molecule has 3 aromatic rings. The number of nitrogen functional groups attached to an aromatic ring is 1. The largest absolute Gasteiger partial charge is 0.368 e. The molecule has 146 valence electrons. The number of benzene rings is 1. The van der Waals surface area contributed by atoms with Crippen LogP contribution >= 0.6 is 11.8 Å². The number of halogens is 1. The van der Waals surface area contributed by atoms with E-state index in [1.807, 2.05) is 35.1 Å². The van der Waals surface area contributed by atoms with Gasteiger partial charge in [-0.25, -0.2) is 4.39 Å². The van der Waals surface area contributed by atoms with Gasteiger partial charge in [0, 0.05) is 28.7 Å². The summed E-state index contributed by atoms with van der Waals surface area (Å²) < 4.78 is 17.8. The standard InChI is InChI=1S/C20H22FN5OS/c1-11-4-5-15(9-17(11)21)25-12(2)8-16(13(25)3)18(27)10-28-20-24-23-19(22)26(20)14-6-7-14/h4-5,8-9,14H,6-7,10H2,1-3H3,(H2,22,23). The minimum atomic E-state index is -0.259. The summed E-state index contributed by atoms with van der Waals surface area (Å²) in [6.45, 7) is 5.53. The predicted molar refractivity (Wildman–Crippen MR) is 108 cm³/mol. The lowest BCUT2D eigenvalue weighted by Crippen LogP contribution is -2.07. The minimum Gasteiger partial charge on any atom is -0.368 e. The van der Waals surface area contributed by atoms with Crippen molar-refractivity contribution in [2.45, 2.75) is 44.8 Å². The highest BCUT2D eigenvalue weighted by Gasteiger charge is 2.29. The van der Waals surface area contributed by atoms with E-state index in [0.717, 1.165) is 24.2 Å². The van der Waals surface area contributed by atoms with Gasteiger partial charge in [0.15, 0.2) is 10.9 Å². The number of thioether (sulfide) groups is 1. The molecule has 0 amide bonds. The Balaban J connectivity index is 1.56. The van der Waals surface area contributed by atoms with Gasteiger partial charge in [-0.05, 0) is 57.4 Å². The average Bonchev–Trinajstić information content (AvgIpc) is 3.36. The molecular formula is C20H22FN5OS. The number of aromatic nitrogens is 4. The zero-order valence-corrected chi connectivity index (χ0v) is 16.9. The number of ketones is 1. The van der Waals surface area contributed by atoms with E-state index in [2.05, 4.69) is 10.2 Å². The van der Waals surface area contributed by atoms with Gasteiger partial charge in [-0.1, -0.05) is 17.8 Å². The predicted octanol–water partition coefficient (Wildman–Crippen LogP) is 4.03. The van der Waals surface area contributed by atoms with Crippen molar-refractivity contribution < 1.29 is 9.18 Å². The maximum atomic E-state index is 14.0. The van der Waals surface area contributed by atoms with Crippen LogP contribution in [-0.4, -0.2) is 30.9 Å². The van der Waals surface area contributed by atoms with E-state index in [1.54, 1.807) is 13.0 Å². The molecule has 1 saturated carbocycles. The number of Topliss-reactive ketones (excluding diaryl/α,β-unsaturated/α-hetero) is 1. The first-order valence-electron chi connectivity index (χ1n) is 9.18. The van der Waals surface area contributed by atoms with Crippen LogP contribution in [0.4, 0.5) is 10.3 Å². The van der Waals surface area contributed by atoms with Crippen molar-refractivity contribution in [3.05, 3.63) is 52.6 Å². The van der Waals surface area contributed by atoms with Gasteiger partial charge >= 0.3 is 0 Å². The average molecular weight is 399 g/mol. The number of nitrogens with zero attached hydrogens (tertiary/aromatic N) is 4. The van der Waals surface area contributed by atoms with Gasteiger partial charge in [0.2, 0.25) is 5.95 Å². The highest BCUT2D eigenvalue weighted by atomic mass is 32.2. The summed E-state index contributed by atoms with van der Waals surface area (Å²) in [5.74, 6) is 0.389. The maximum absolute atomic E-state index is 14.0. The van der Waals surface area contributed by atoms with Crippen molar-refractivity contribution in [3.8, 4) is 5.69 Å². The molecule has 0 saturated heterocycles. The van der Waals surface area contributed by atoms with Gasteiger partial charge in [0.25, 0.3) is 0 Å². The second kappa shape index (κ2) is 7.09. The summed E-state index contributed by atoms with van der Waals surface area (Å²) >= 11 is 1.35. The molecule has 1 aromatic carbocycles. The highest BCUT2D eigenvalue weighted by molar-refractivity contribution is 7.99. The third kappa shape index (κ3) is 3.32. The quantitative estimate of drug-likeness (QED) is 0.500. The Kier molecular flexibility index (Phi) is 4.74. The van der Waals surface area contributed by atoms with Crippen molar-refractivity contribution in [3.63, 3.8) is 0 Å². The summed E-state index contributed by atoms with van der Waals surface area (Å²) in [6.07, 6.45) is 2.13. The molecule has 0 aliphatic heterocycles. The Bertz CT molecular complexity index is 1070. The molecule has 1 fully saturated rings. The van der Waals surface area contributed by atoms with Crippen molar-refractivity contribution in [1.29, 1.82) is 0 Å². The molecule has 2 heterocycles. The summed E-state index contributed by atoms with van der Waals surface area (Å²) in [4.78, 5) is 12.9. The first-order valence-corrected chi connectivity index (χ1v) is 10.2. The zero-order chi connectivity index (χ0) is 20.0. The van der Waals surface area contributed by atoms with Gasteiger partial charge in [-0.2, -0.15) is 0 Å². The lowest BCUT2D eigenvalue weighted by atomic mass is 10.2. The molecule has 6 nitrogen and oxygen atoms in total. The van der Waals surface area contributed by atoms with Crippen molar-refractivity contribution in [2.24, 2.45) is 0 Å². The molecule has 1 aliphatic carbocycles. The fourth-order valence-corrected chi connectivity index (χ4v) is 4.33. The number of carbonyl (C=O) groups is 1. The molecule has 2 aromatic heterocycles. The van der Waals surface area contributed by atoms with E-state index in [9.17, 15) is 9.18 Å². The molecule has 0 bridgehead atoms. The van der Waals surface area contributed by atoms with Crippen LogP contribution in [0.2, 0.25) is 0 Å². The third-order valence-electron chi connectivity index (χ3n) is 5.08. The smallest absolute Gasteiger partial charge is 0.222 e. The fourth-order valence-electron chi connectivity index (χ4n) is 3.43. The van der Waals surface area contributed by atoms with Gasteiger partial charge < -0.3 is 10.3 Å². The van der Waals surface area contributed by atoms with E-state index < -0.39 is 0 Å². The maximum Gasteiger partial charge on any atom is 0.222 e. The number of hydrogen-bond acceptors (Lipinski definition) is 5. The Hall–Kier alpha value is -2.61. The molecule has 0 spiro atoms. The van der Waals surface area contributed by atoms with Crippen molar-refractivity contribution in [1.82, 2.24) is 19.3 Å². The Labute approximate surface area is 166 Å². The molecule has 8 heteroatoms. The van der Waals surface area contributed by atoms with Crippen LogP contribution in [0.5, 0.6) is 0 Å². The Morgan fingerprint density at radius 3 is 2.68 bits per heavy atom. The molecule has 2 N–H and O–H groups in total. The van der Waals surface area contributed by atoms with Crippen LogP contribution in [-0.2, 0) is 0 Å². The molecule has 0 unspecified atom stereocenters. The Morgan fingerprint density at radius 1 is 1.25 bits per heavy atom. The fraction of sp³-hybridized carbons (Fsp3) is 0.350. The lowest BCUT2D eigenvalue weighted by molar-refractivity contribution is 0.102. The summed E-state index contributed by atoms with van der Waals surface area (Å²) in [5, 5.41) is 8.73. The zero-order valence-electron chi connectivity index (χ0n) is 16.1. The van der Waals surface area contributed by atoms with Crippen LogP contribution in [0.1, 0.15) is 46.2 Å². The highest BCUT2D eigenvalue weighted by Crippen LogP contribution is 2.39. The van der Waals surface area contributed by atoms with Gasteiger partial charge in [0.05, 0.1) is 5.75 Å². The van der Waals surface area contributed by atoms with E-state index in [4.69, 9.17) is 5.73 Å². The van der Waals surface area contributed by atoms with Crippen LogP contribution in [0.15, 0.2) is 29.4 Å². The number of carbonyl (C=O) groups excluding carboxylic acids is 1. The number of nitrogens with two attached hydrogens (primary N) is 1. The monoisotopic (exact) mass is 399 g/mol. The molecule has 1 aliphatic rings. The van der Waals surface area contributed by atoms with Gasteiger partial charge in [0.1, 0.15) is 5.82 Å². The first kappa shape index (κ1) is 18.7. The number of hydrogen-bond donors (Lipinski definition) is 1. The summed E-state index contributed by atoms with van der Waals surface area (Å²) in [6, 6.07) is 7.32. The van der Waals surface area contributed by atoms with E-state index in [0.29, 0.717) is 34.0 Å². The molecule has 4 rings (SSSR count). The van der Waals surface area contributed by atoms with Crippen LogP contribution < -0.4 is 5.73 Å². The number of rotatable bonds is 6. The van der Waals surface area contributed by atoms with Crippen LogP contribution in [0.25, 0.3) is 5.69 Å². The minimum absolute atomic E-state index is 0.000789. The second-order valence-electron chi connectivity index (χ2n) is 7.21.